The van der Waals surface area contributed by atoms with Crippen LogP contribution in [0.15, 0.2) is 0 Å². The van der Waals surface area contributed by atoms with Crippen molar-refractivity contribution in [2.45, 2.75) is 94.8 Å². The topological polar surface area (TPSA) is 73.4 Å². The normalized spacial score (nSPS) is 29.4. The van der Waals surface area contributed by atoms with Crippen LogP contribution in [0.25, 0.3) is 0 Å². The molecule has 28 heavy (non-hydrogen) atoms. The van der Waals surface area contributed by atoms with Crippen molar-refractivity contribution >= 4 is 27.6 Å². The molecule has 7 nitrogen and oxygen atoms in total. The van der Waals surface area contributed by atoms with Crippen molar-refractivity contribution in [3.8, 4) is 0 Å². The van der Waals surface area contributed by atoms with E-state index >= 15 is 0 Å². The zero-order chi connectivity index (χ0) is 18.9. The van der Waals surface area contributed by atoms with Crippen LogP contribution < -0.4 is 15.5 Å². The number of hydrogen-bond donors (Lipinski definition) is 2. The molecule has 2 amide bonds. The van der Waals surface area contributed by atoms with E-state index in [0.29, 0.717) is 23.3 Å². The highest BCUT2D eigenvalue weighted by molar-refractivity contribution is 7.19. The van der Waals surface area contributed by atoms with Gasteiger partial charge in [-0.3, -0.25) is 10.2 Å². The molecule has 2 aliphatic heterocycles. The third-order valence-corrected chi connectivity index (χ3v) is 8.02. The van der Waals surface area contributed by atoms with E-state index in [-0.39, 0.29) is 6.03 Å². The fourth-order valence-corrected chi connectivity index (χ4v) is 6.56. The Morgan fingerprint density at radius 1 is 0.893 bits per heavy atom. The average molecular weight is 405 g/mol. The van der Waals surface area contributed by atoms with Gasteiger partial charge in [0.25, 0.3) is 0 Å². The molecule has 2 aliphatic carbocycles. The minimum absolute atomic E-state index is 0.142. The average Bonchev–Trinajstić information content (AvgIpc) is 3.45. The first-order valence-electron chi connectivity index (χ1n) is 11.2. The molecule has 0 radical (unpaired) electrons. The van der Waals surface area contributed by atoms with Crippen LogP contribution in [0.1, 0.15) is 70.6 Å². The largest absolute Gasteiger partial charge is 0.341 e. The van der Waals surface area contributed by atoms with E-state index in [4.69, 9.17) is 0 Å². The Morgan fingerprint density at radius 3 is 2.36 bits per heavy atom. The third-order valence-electron chi connectivity index (χ3n) is 7.15. The molecule has 5 rings (SSSR count). The number of fused-ring (bicyclic) bond motifs is 2. The van der Waals surface area contributed by atoms with Crippen molar-refractivity contribution in [1.82, 2.24) is 20.4 Å². The second kappa shape index (κ2) is 8.14. The maximum atomic E-state index is 12.2. The summed E-state index contributed by atoms with van der Waals surface area (Å²) in [4.78, 5) is 17.4. The summed E-state index contributed by atoms with van der Waals surface area (Å²) in [5.41, 5.74) is 0. The Kier molecular flexibility index (Phi) is 5.41. The Bertz CT molecular complexity index is 682. The number of piperazine rings is 1. The Hall–Kier alpha value is -1.41. The predicted molar refractivity (Wildman–Crippen MR) is 112 cm³/mol. The highest BCUT2D eigenvalue weighted by atomic mass is 32.1. The van der Waals surface area contributed by atoms with Gasteiger partial charge >= 0.3 is 6.03 Å². The number of nitrogens with one attached hydrogen (secondary N) is 2. The number of amides is 2. The van der Waals surface area contributed by atoms with E-state index in [1.54, 1.807) is 0 Å². The highest BCUT2D eigenvalue weighted by Crippen LogP contribution is 2.39. The van der Waals surface area contributed by atoms with Gasteiger partial charge in [-0.15, -0.1) is 10.2 Å². The molecule has 3 heterocycles. The summed E-state index contributed by atoms with van der Waals surface area (Å²) in [6.45, 7) is 2.23. The molecule has 2 saturated heterocycles. The van der Waals surface area contributed by atoms with Gasteiger partial charge < -0.3 is 10.2 Å². The Labute approximate surface area is 171 Å². The molecular formula is C20H32N6OS. The van der Waals surface area contributed by atoms with Crippen LogP contribution in [-0.4, -0.2) is 58.4 Å². The lowest BCUT2D eigenvalue weighted by molar-refractivity contribution is 0.153. The molecule has 1 aromatic rings. The number of rotatable bonds is 4. The van der Waals surface area contributed by atoms with Crippen LogP contribution in [-0.2, 0) is 0 Å². The fourth-order valence-electron chi connectivity index (χ4n) is 5.74. The van der Waals surface area contributed by atoms with Gasteiger partial charge in [-0.1, -0.05) is 49.9 Å². The molecule has 2 atom stereocenters. The smallest absolute Gasteiger partial charge is 0.321 e. The molecule has 2 bridgehead atoms. The molecule has 154 valence electrons. The molecule has 2 N–H and O–H groups in total. The maximum absolute atomic E-state index is 12.2. The molecule has 8 heteroatoms. The summed E-state index contributed by atoms with van der Waals surface area (Å²) in [5.74, 6) is 0. The van der Waals surface area contributed by atoms with E-state index in [2.05, 4.69) is 30.6 Å². The van der Waals surface area contributed by atoms with Crippen molar-refractivity contribution in [3.63, 3.8) is 0 Å². The lowest BCUT2D eigenvalue weighted by Gasteiger charge is -2.38. The van der Waals surface area contributed by atoms with Crippen LogP contribution in [0.3, 0.4) is 0 Å². The van der Waals surface area contributed by atoms with E-state index in [1.165, 1.54) is 75.7 Å². The molecule has 0 spiro atoms. The predicted octanol–water partition coefficient (Wildman–Crippen LogP) is 3.59. The van der Waals surface area contributed by atoms with Crippen LogP contribution >= 0.6 is 11.3 Å². The van der Waals surface area contributed by atoms with Crippen molar-refractivity contribution in [2.24, 2.45) is 0 Å². The number of carbonyl (C=O) groups is 1. The number of anilines is 2. The van der Waals surface area contributed by atoms with Gasteiger partial charge in [0, 0.05) is 37.3 Å². The van der Waals surface area contributed by atoms with Crippen LogP contribution in [0, 0.1) is 0 Å². The zero-order valence-corrected chi connectivity index (χ0v) is 17.4. The molecule has 1 aromatic heterocycles. The maximum Gasteiger partial charge on any atom is 0.321 e. The number of aromatic nitrogens is 2. The van der Waals surface area contributed by atoms with E-state index in [0.717, 1.165) is 30.6 Å². The monoisotopic (exact) mass is 404 g/mol. The van der Waals surface area contributed by atoms with E-state index in [9.17, 15) is 4.79 Å². The van der Waals surface area contributed by atoms with Crippen molar-refractivity contribution < 1.29 is 4.79 Å². The number of nitrogens with zero attached hydrogens (tertiary/aromatic N) is 4. The molecule has 0 aromatic carbocycles. The number of likely N-dealkylation sites (tertiary alicyclic amines) is 1. The van der Waals surface area contributed by atoms with Gasteiger partial charge in [0.2, 0.25) is 10.3 Å². The van der Waals surface area contributed by atoms with Gasteiger partial charge in [0.1, 0.15) is 0 Å². The first kappa shape index (κ1) is 18.6. The SMILES string of the molecule is O=C(Nc1nnc(N2C[C@@H]3C[C@H]2CN3C2CCCCCC2)s1)NC1CCCC1. The lowest BCUT2D eigenvalue weighted by Crippen LogP contribution is -2.50. The number of urea groups is 1. The van der Waals surface area contributed by atoms with Gasteiger partial charge in [0.05, 0.1) is 0 Å². The van der Waals surface area contributed by atoms with Crippen LogP contribution in [0.5, 0.6) is 0 Å². The van der Waals surface area contributed by atoms with Gasteiger partial charge in [-0.05, 0) is 32.1 Å². The summed E-state index contributed by atoms with van der Waals surface area (Å²) in [5, 5.41) is 16.1. The number of hydrogen-bond acceptors (Lipinski definition) is 6. The summed E-state index contributed by atoms with van der Waals surface area (Å²) in [7, 11) is 0. The van der Waals surface area contributed by atoms with Crippen LogP contribution in [0.4, 0.5) is 15.1 Å². The minimum atomic E-state index is -0.142. The quantitative estimate of drug-likeness (QED) is 0.750. The fraction of sp³-hybridized carbons (Fsp3) is 0.850. The summed E-state index contributed by atoms with van der Waals surface area (Å²) < 4.78 is 0. The first-order valence-corrected chi connectivity index (χ1v) is 12.0. The first-order chi connectivity index (χ1) is 13.8. The summed E-state index contributed by atoms with van der Waals surface area (Å²) in [6, 6.07) is 2.19. The Morgan fingerprint density at radius 2 is 1.64 bits per heavy atom. The second-order valence-electron chi connectivity index (χ2n) is 9.01. The lowest BCUT2D eigenvalue weighted by atomic mass is 10.1. The molecule has 0 unspecified atom stereocenters. The standard InChI is InChI=1S/C20H32N6OS/c27-18(21-14-7-5-6-8-14)22-19-23-24-20(28-19)26-13-16-11-17(26)12-25(16)15-9-3-1-2-4-10-15/h14-17H,1-13H2,(H2,21,22,23,27)/t16-,17-/m0/s1. The highest BCUT2D eigenvalue weighted by Gasteiger charge is 2.46. The number of carbonyl (C=O) groups excluding carboxylic acids is 1. The van der Waals surface area contributed by atoms with Gasteiger partial charge in [-0.2, -0.15) is 0 Å². The van der Waals surface area contributed by atoms with E-state index < -0.39 is 0 Å². The molecular weight excluding hydrogens is 372 g/mol. The summed E-state index contributed by atoms with van der Waals surface area (Å²) >= 11 is 1.51. The molecule has 4 aliphatic rings. The second-order valence-corrected chi connectivity index (χ2v) is 9.96. The van der Waals surface area contributed by atoms with Crippen LogP contribution in [0.2, 0.25) is 0 Å². The molecule has 2 saturated carbocycles. The zero-order valence-electron chi connectivity index (χ0n) is 16.6. The van der Waals surface area contributed by atoms with E-state index in [1.807, 2.05) is 0 Å². The summed E-state index contributed by atoms with van der Waals surface area (Å²) in [6.07, 6.45) is 14.2. The minimum Gasteiger partial charge on any atom is -0.341 e. The van der Waals surface area contributed by atoms with Gasteiger partial charge in [-0.25, -0.2) is 4.79 Å². The van der Waals surface area contributed by atoms with Crippen molar-refractivity contribution in [2.75, 3.05) is 23.3 Å². The molecule has 4 fully saturated rings. The Balaban J connectivity index is 1.16. The van der Waals surface area contributed by atoms with Gasteiger partial charge in [0.15, 0.2) is 0 Å². The van der Waals surface area contributed by atoms with Crippen molar-refractivity contribution in [1.29, 1.82) is 0 Å². The third kappa shape index (κ3) is 3.85. The van der Waals surface area contributed by atoms with Crippen molar-refractivity contribution in [3.05, 3.63) is 0 Å².